The topological polar surface area (TPSA) is 34.1 Å². The van der Waals surface area contributed by atoms with Gasteiger partial charge in [0, 0.05) is 27.7 Å². The van der Waals surface area contributed by atoms with Crippen molar-refractivity contribution in [3.05, 3.63) is 22.4 Å². The summed E-state index contributed by atoms with van der Waals surface area (Å²) in [6, 6.07) is 3.72. The van der Waals surface area contributed by atoms with Crippen molar-refractivity contribution in [2.75, 3.05) is 5.75 Å². The van der Waals surface area contributed by atoms with Crippen LogP contribution in [0.15, 0.2) is 17.5 Å². The van der Waals surface area contributed by atoms with Gasteiger partial charge in [0.15, 0.2) is 5.78 Å². The van der Waals surface area contributed by atoms with Crippen molar-refractivity contribution in [2.24, 2.45) is 0 Å². The van der Waals surface area contributed by atoms with E-state index >= 15 is 0 Å². The number of hydrogen-bond acceptors (Lipinski definition) is 3. The van der Waals surface area contributed by atoms with E-state index in [0.29, 0.717) is 18.6 Å². The molecular formula is C12H18O2S2. The highest BCUT2D eigenvalue weighted by Crippen LogP contribution is 2.15. The molecule has 0 spiro atoms. The molecular weight excluding hydrogens is 240 g/mol. The molecule has 2 nitrogen and oxygen atoms in total. The highest BCUT2D eigenvalue weighted by Gasteiger charge is 2.19. The fraction of sp³-hybridized carbons (Fsp3) is 0.583. The molecule has 1 aromatic heterocycles. The van der Waals surface area contributed by atoms with Crippen LogP contribution in [0.2, 0.25) is 0 Å². The van der Waals surface area contributed by atoms with E-state index < -0.39 is 10.8 Å². The summed E-state index contributed by atoms with van der Waals surface area (Å²) >= 11 is 1.47. The third kappa shape index (κ3) is 4.18. The summed E-state index contributed by atoms with van der Waals surface area (Å²) in [5.74, 6) is 0.779. The lowest BCUT2D eigenvalue weighted by Crippen LogP contribution is -2.24. The maximum absolute atomic E-state index is 11.7. The molecule has 0 saturated heterocycles. The fourth-order valence-electron chi connectivity index (χ4n) is 1.23. The number of ketones is 1. The predicted octanol–water partition coefficient (Wildman–Crippen LogP) is 3.26. The molecule has 1 unspecified atom stereocenters. The molecule has 0 aromatic carbocycles. The first-order chi connectivity index (χ1) is 7.41. The first-order valence-corrected chi connectivity index (χ1v) is 7.56. The van der Waals surface area contributed by atoms with Crippen molar-refractivity contribution in [3.8, 4) is 0 Å². The SMILES string of the molecule is CC(C)(C)S(=O)CCCC(=O)c1cccs1. The molecule has 0 bridgehead atoms. The Labute approximate surface area is 104 Å². The van der Waals surface area contributed by atoms with Gasteiger partial charge in [-0.05, 0) is 38.6 Å². The van der Waals surface area contributed by atoms with Gasteiger partial charge in [0.2, 0.25) is 0 Å². The van der Waals surface area contributed by atoms with Crippen molar-refractivity contribution in [3.63, 3.8) is 0 Å². The van der Waals surface area contributed by atoms with Gasteiger partial charge in [0.25, 0.3) is 0 Å². The highest BCUT2D eigenvalue weighted by molar-refractivity contribution is 7.86. The van der Waals surface area contributed by atoms with Crippen molar-refractivity contribution >= 4 is 27.9 Å². The van der Waals surface area contributed by atoms with Gasteiger partial charge in [-0.3, -0.25) is 9.00 Å². The van der Waals surface area contributed by atoms with Crippen molar-refractivity contribution in [1.82, 2.24) is 0 Å². The zero-order valence-electron chi connectivity index (χ0n) is 9.99. The van der Waals surface area contributed by atoms with E-state index in [1.165, 1.54) is 11.3 Å². The minimum Gasteiger partial charge on any atom is -0.293 e. The Bertz CT molecular complexity index is 361. The second-order valence-electron chi connectivity index (χ2n) is 4.67. The van der Waals surface area contributed by atoms with Crippen LogP contribution in [0.3, 0.4) is 0 Å². The van der Waals surface area contributed by atoms with Crippen LogP contribution in [0.25, 0.3) is 0 Å². The quantitative estimate of drug-likeness (QED) is 0.760. The average molecular weight is 258 g/mol. The largest absolute Gasteiger partial charge is 0.293 e. The number of hydrogen-bond donors (Lipinski definition) is 0. The van der Waals surface area contributed by atoms with Crippen LogP contribution in [0.1, 0.15) is 43.3 Å². The van der Waals surface area contributed by atoms with Crippen LogP contribution in [-0.4, -0.2) is 20.5 Å². The molecule has 1 atom stereocenters. The number of carbonyl (C=O) groups excluding carboxylic acids is 1. The Balaban J connectivity index is 2.32. The predicted molar refractivity (Wildman–Crippen MR) is 70.6 cm³/mol. The Morgan fingerprint density at radius 2 is 2.12 bits per heavy atom. The van der Waals surface area contributed by atoms with Gasteiger partial charge in [-0.1, -0.05) is 6.07 Å². The molecule has 0 radical (unpaired) electrons. The summed E-state index contributed by atoms with van der Waals surface area (Å²) in [6.45, 7) is 5.89. The third-order valence-electron chi connectivity index (χ3n) is 2.21. The van der Waals surface area contributed by atoms with Crippen molar-refractivity contribution < 1.29 is 9.00 Å². The van der Waals surface area contributed by atoms with E-state index in [4.69, 9.17) is 0 Å². The lowest BCUT2D eigenvalue weighted by Gasteiger charge is -2.17. The molecule has 0 aliphatic rings. The van der Waals surface area contributed by atoms with E-state index in [9.17, 15) is 9.00 Å². The number of carbonyl (C=O) groups is 1. The molecule has 0 aliphatic carbocycles. The van der Waals surface area contributed by atoms with Crippen LogP contribution in [0.4, 0.5) is 0 Å². The molecule has 16 heavy (non-hydrogen) atoms. The number of thiophene rings is 1. The van der Waals surface area contributed by atoms with Crippen LogP contribution in [-0.2, 0) is 10.8 Å². The smallest absolute Gasteiger partial charge is 0.172 e. The summed E-state index contributed by atoms with van der Waals surface area (Å²) < 4.78 is 11.6. The molecule has 0 aliphatic heterocycles. The second-order valence-corrected chi connectivity index (χ2v) is 7.94. The molecule has 0 saturated carbocycles. The van der Waals surface area contributed by atoms with Gasteiger partial charge in [-0.25, -0.2) is 0 Å². The highest BCUT2D eigenvalue weighted by atomic mass is 32.2. The van der Waals surface area contributed by atoms with Gasteiger partial charge in [-0.2, -0.15) is 0 Å². The minimum absolute atomic E-state index is 0.168. The molecule has 0 amide bonds. The Hall–Kier alpha value is -0.480. The summed E-state index contributed by atoms with van der Waals surface area (Å²) in [5, 5.41) is 1.90. The van der Waals surface area contributed by atoms with E-state index in [1.54, 1.807) is 0 Å². The van der Waals surface area contributed by atoms with Crippen LogP contribution in [0.5, 0.6) is 0 Å². The molecule has 1 rings (SSSR count). The Morgan fingerprint density at radius 3 is 2.62 bits per heavy atom. The first-order valence-electron chi connectivity index (χ1n) is 5.36. The molecule has 1 aromatic rings. The zero-order valence-corrected chi connectivity index (χ0v) is 11.6. The van der Waals surface area contributed by atoms with Gasteiger partial charge in [0.1, 0.15) is 0 Å². The second kappa shape index (κ2) is 5.73. The minimum atomic E-state index is -0.849. The summed E-state index contributed by atoms with van der Waals surface area (Å²) in [4.78, 5) is 12.5. The lowest BCUT2D eigenvalue weighted by atomic mass is 10.2. The van der Waals surface area contributed by atoms with Gasteiger partial charge in [0.05, 0.1) is 4.88 Å². The van der Waals surface area contributed by atoms with Crippen molar-refractivity contribution in [2.45, 2.75) is 38.4 Å². The average Bonchev–Trinajstić information content (AvgIpc) is 2.68. The molecule has 0 fully saturated rings. The molecule has 1 heterocycles. The molecule has 90 valence electrons. The normalized spacial score (nSPS) is 13.7. The molecule has 4 heteroatoms. The third-order valence-corrected chi connectivity index (χ3v) is 5.15. The van der Waals surface area contributed by atoms with Gasteiger partial charge < -0.3 is 0 Å². The summed E-state index contributed by atoms with van der Waals surface area (Å²) in [5.41, 5.74) is 0. The summed E-state index contributed by atoms with van der Waals surface area (Å²) in [7, 11) is -0.849. The number of rotatable bonds is 5. The molecule has 0 N–H and O–H groups in total. The van der Waals surface area contributed by atoms with E-state index in [0.717, 1.165) is 4.88 Å². The van der Waals surface area contributed by atoms with Crippen LogP contribution >= 0.6 is 11.3 Å². The fourth-order valence-corrected chi connectivity index (χ4v) is 2.94. The Kier molecular flexibility index (Phi) is 4.87. The van der Waals surface area contributed by atoms with Crippen LogP contribution < -0.4 is 0 Å². The van der Waals surface area contributed by atoms with Crippen LogP contribution in [0, 0.1) is 0 Å². The monoisotopic (exact) mass is 258 g/mol. The maximum Gasteiger partial charge on any atom is 0.172 e. The maximum atomic E-state index is 11.7. The lowest BCUT2D eigenvalue weighted by molar-refractivity contribution is 0.0986. The number of Topliss-reactive ketones (excluding diaryl/α,β-unsaturated/α-hetero) is 1. The first kappa shape index (κ1) is 13.6. The zero-order chi connectivity index (χ0) is 12.2. The Morgan fingerprint density at radius 1 is 1.44 bits per heavy atom. The standard InChI is InChI=1S/C12H18O2S2/c1-12(2,3)16(14)9-5-6-10(13)11-7-4-8-15-11/h4,7-8H,5-6,9H2,1-3H3. The summed E-state index contributed by atoms with van der Waals surface area (Å²) in [6.07, 6.45) is 1.21. The van der Waals surface area contributed by atoms with Gasteiger partial charge >= 0.3 is 0 Å². The van der Waals surface area contributed by atoms with Gasteiger partial charge in [-0.15, -0.1) is 11.3 Å². The van der Waals surface area contributed by atoms with E-state index in [-0.39, 0.29) is 10.5 Å². The van der Waals surface area contributed by atoms with E-state index in [2.05, 4.69) is 0 Å². The van der Waals surface area contributed by atoms with Crippen molar-refractivity contribution in [1.29, 1.82) is 0 Å². The van der Waals surface area contributed by atoms with E-state index in [1.807, 2.05) is 38.3 Å².